The first kappa shape index (κ1) is 20.7. The van der Waals surface area contributed by atoms with Crippen molar-refractivity contribution in [1.82, 2.24) is 5.32 Å². The SMILES string of the molecule is O=C(O)NCCC(O)c1cccc(S(=O)(=O)CC2CCS(=O)(=O)CC2)c1. The molecule has 1 aromatic carbocycles. The minimum absolute atomic E-state index is 0.0164. The predicted molar refractivity (Wildman–Crippen MR) is 95.5 cm³/mol. The number of aliphatic hydroxyl groups is 1. The van der Waals surface area contributed by atoms with Gasteiger partial charge in [-0.05, 0) is 42.9 Å². The van der Waals surface area contributed by atoms with E-state index in [1.54, 1.807) is 6.07 Å². The molecule has 2 rings (SSSR count). The predicted octanol–water partition coefficient (Wildman–Crippen LogP) is 0.976. The molecule has 1 aromatic rings. The summed E-state index contributed by atoms with van der Waals surface area (Å²) in [4.78, 5) is 10.5. The van der Waals surface area contributed by atoms with E-state index in [9.17, 15) is 26.7 Å². The fourth-order valence-corrected chi connectivity index (χ4v) is 6.25. The van der Waals surface area contributed by atoms with Crippen LogP contribution in [0, 0.1) is 5.92 Å². The summed E-state index contributed by atoms with van der Waals surface area (Å²) >= 11 is 0. The lowest BCUT2D eigenvalue weighted by molar-refractivity contribution is 0.162. The van der Waals surface area contributed by atoms with Gasteiger partial charge in [0.2, 0.25) is 0 Å². The van der Waals surface area contributed by atoms with E-state index in [-0.39, 0.29) is 41.0 Å². The highest BCUT2D eigenvalue weighted by atomic mass is 32.2. The van der Waals surface area contributed by atoms with Gasteiger partial charge in [-0.25, -0.2) is 21.6 Å². The van der Waals surface area contributed by atoms with Gasteiger partial charge in [0.15, 0.2) is 9.84 Å². The fraction of sp³-hybridized carbons (Fsp3) is 0.562. The van der Waals surface area contributed by atoms with Crippen molar-refractivity contribution in [2.24, 2.45) is 5.92 Å². The first-order valence-corrected chi connectivity index (χ1v) is 11.7. The smallest absolute Gasteiger partial charge is 0.404 e. The quantitative estimate of drug-likeness (QED) is 0.614. The maximum atomic E-state index is 12.6. The Morgan fingerprint density at radius 1 is 1.27 bits per heavy atom. The summed E-state index contributed by atoms with van der Waals surface area (Å²) in [6, 6.07) is 5.94. The Morgan fingerprint density at radius 2 is 1.92 bits per heavy atom. The van der Waals surface area contributed by atoms with E-state index in [0.717, 1.165) is 0 Å². The van der Waals surface area contributed by atoms with Crippen molar-refractivity contribution in [2.45, 2.75) is 30.3 Å². The number of hydrogen-bond acceptors (Lipinski definition) is 6. The van der Waals surface area contributed by atoms with Crippen molar-refractivity contribution < 1.29 is 31.8 Å². The minimum Gasteiger partial charge on any atom is -0.465 e. The molecule has 1 unspecified atom stereocenters. The summed E-state index contributed by atoms with van der Waals surface area (Å²) in [5.41, 5.74) is 0.393. The average molecular weight is 405 g/mol. The van der Waals surface area contributed by atoms with Gasteiger partial charge in [0.1, 0.15) is 9.84 Å². The third-order valence-corrected chi connectivity index (χ3v) is 8.02. The molecule has 1 aliphatic rings. The molecule has 1 atom stereocenters. The van der Waals surface area contributed by atoms with E-state index in [1.165, 1.54) is 18.2 Å². The first-order chi connectivity index (χ1) is 12.1. The van der Waals surface area contributed by atoms with Gasteiger partial charge < -0.3 is 15.5 Å². The number of aliphatic hydroxyl groups excluding tert-OH is 1. The van der Waals surface area contributed by atoms with E-state index in [1.807, 2.05) is 0 Å². The van der Waals surface area contributed by atoms with Gasteiger partial charge in [-0.2, -0.15) is 0 Å². The van der Waals surface area contributed by atoms with Gasteiger partial charge in [-0.15, -0.1) is 0 Å². The topological polar surface area (TPSA) is 138 Å². The molecule has 146 valence electrons. The minimum atomic E-state index is -3.60. The Balaban J connectivity index is 2.04. The van der Waals surface area contributed by atoms with Gasteiger partial charge in [-0.1, -0.05) is 12.1 Å². The van der Waals surface area contributed by atoms with Gasteiger partial charge in [0, 0.05) is 6.54 Å². The van der Waals surface area contributed by atoms with Gasteiger partial charge in [0.25, 0.3) is 0 Å². The molecular weight excluding hydrogens is 382 g/mol. The second-order valence-electron chi connectivity index (χ2n) is 6.49. The van der Waals surface area contributed by atoms with Crippen molar-refractivity contribution in [3.05, 3.63) is 29.8 Å². The molecule has 1 fully saturated rings. The number of sulfone groups is 2. The van der Waals surface area contributed by atoms with Crippen LogP contribution in [0.25, 0.3) is 0 Å². The number of benzene rings is 1. The molecule has 0 spiro atoms. The first-order valence-electron chi connectivity index (χ1n) is 8.27. The van der Waals surface area contributed by atoms with Crippen LogP contribution < -0.4 is 5.32 Å². The number of carbonyl (C=O) groups is 1. The van der Waals surface area contributed by atoms with Crippen LogP contribution in [0.4, 0.5) is 4.79 Å². The van der Waals surface area contributed by atoms with Gasteiger partial charge >= 0.3 is 6.09 Å². The summed E-state index contributed by atoms with van der Waals surface area (Å²) < 4.78 is 48.2. The molecule has 0 bridgehead atoms. The second kappa shape index (κ2) is 8.36. The highest BCUT2D eigenvalue weighted by Crippen LogP contribution is 2.25. The summed E-state index contributed by atoms with van der Waals surface area (Å²) in [5, 5.41) is 20.8. The molecule has 0 aromatic heterocycles. The third-order valence-electron chi connectivity index (χ3n) is 4.43. The molecule has 0 aliphatic carbocycles. The highest BCUT2D eigenvalue weighted by Gasteiger charge is 2.28. The average Bonchev–Trinajstić information content (AvgIpc) is 2.56. The molecule has 1 aliphatic heterocycles. The number of rotatable bonds is 7. The molecule has 1 saturated heterocycles. The van der Waals surface area contributed by atoms with Crippen LogP contribution in [0.15, 0.2) is 29.2 Å². The Hall–Kier alpha value is -1.65. The number of amides is 1. The highest BCUT2D eigenvalue weighted by molar-refractivity contribution is 7.92. The lowest BCUT2D eigenvalue weighted by atomic mass is 10.1. The molecule has 0 saturated carbocycles. The summed E-state index contributed by atoms with van der Waals surface area (Å²) in [6.07, 6.45) is -1.38. The number of nitrogens with one attached hydrogen (secondary N) is 1. The van der Waals surface area contributed by atoms with Crippen molar-refractivity contribution >= 4 is 25.8 Å². The van der Waals surface area contributed by atoms with Crippen LogP contribution in [-0.4, -0.2) is 56.9 Å². The maximum absolute atomic E-state index is 12.6. The molecule has 1 amide bonds. The van der Waals surface area contributed by atoms with E-state index >= 15 is 0 Å². The van der Waals surface area contributed by atoms with Crippen LogP contribution in [0.2, 0.25) is 0 Å². The van der Waals surface area contributed by atoms with E-state index in [0.29, 0.717) is 18.4 Å². The Morgan fingerprint density at radius 3 is 2.54 bits per heavy atom. The largest absolute Gasteiger partial charge is 0.465 e. The molecule has 8 nitrogen and oxygen atoms in total. The molecule has 1 heterocycles. The van der Waals surface area contributed by atoms with Gasteiger partial charge in [0.05, 0.1) is 28.3 Å². The normalized spacial score (nSPS) is 19.0. The third kappa shape index (κ3) is 5.96. The second-order valence-corrected chi connectivity index (χ2v) is 10.8. The lowest BCUT2D eigenvalue weighted by Crippen LogP contribution is -2.28. The van der Waals surface area contributed by atoms with Crippen LogP contribution in [0.3, 0.4) is 0 Å². The van der Waals surface area contributed by atoms with Crippen LogP contribution in [-0.2, 0) is 19.7 Å². The Labute approximate surface area is 153 Å². The molecule has 26 heavy (non-hydrogen) atoms. The number of carboxylic acid groups (broad SMARTS) is 1. The molecule has 0 radical (unpaired) electrons. The van der Waals surface area contributed by atoms with Crippen LogP contribution in [0.5, 0.6) is 0 Å². The summed E-state index contributed by atoms with van der Waals surface area (Å²) in [6.45, 7) is 0.0457. The van der Waals surface area contributed by atoms with E-state index in [2.05, 4.69) is 5.32 Å². The molecule has 10 heteroatoms. The van der Waals surface area contributed by atoms with Crippen molar-refractivity contribution in [3.8, 4) is 0 Å². The van der Waals surface area contributed by atoms with Crippen molar-refractivity contribution in [2.75, 3.05) is 23.8 Å². The zero-order valence-corrected chi connectivity index (χ0v) is 15.8. The summed E-state index contributed by atoms with van der Waals surface area (Å²) in [5.74, 6) is -0.287. The van der Waals surface area contributed by atoms with E-state index in [4.69, 9.17) is 5.11 Å². The maximum Gasteiger partial charge on any atom is 0.404 e. The van der Waals surface area contributed by atoms with Crippen LogP contribution in [0.1, 0.15) is 30.9 Å². The Kier molecular flexibility index (Phi) is 6.64. The zero-order valence-electron chi connectivity index (χ0n) is 14.2. The van der Waals surface area contributed by atoms with Crippen molar-refractivity contribution in [3.63, 3.8) is 0 Å². The Bertz CT molecular complexity index is 835. The van der Waals surface area contributed by atoms with Crippen LogP contribution >= 0.6 is 0 Å². The monoisotopic (exact) mass is 405 g/mol. The number of hydrogen-bond donors (Lipinski definition) is 3. The van der Waals surface area contributed by atoms with E-state index < -0.39 is 31.9 Å². The fourth-order valence-electron chi connectivity index (χ4n) is 2.91. The standard InChI is InChI=1S/C16H23NO7S2/c18-15(4-7-17-16(19)20)13-2-1-3-14(10-13)26(23,24)11-12-5-8-25(21,22)9-6-12/h1-3,10,12,15,17-18H,4-9,11H2,(H,19,20). The molecule has 3 N–H and O–H groups in total. The van der Waals surface area contributed by atoms with Crippen molar-refractivity contribution in [1.29, 1.82) is 0 Å². The van der Waals surface area contributed by atoms with Gasteiger partial charge in [-0.3, -0.25) is 0 Å². The zero-order chi connectivity index (χ0) is 19.4. The summed E-state index contributed by atoms with van der Waals surface area (Å²) in [7, 11) is -6.65. The lowest BCUT2D eigenvalue weighted by Gasteiger charge is -2.22. The molecular formula is C16H23NO7S2.